The number of nitrogens with zero attached hydrogens (tertiary/aromatic N) is 2. The first kappa shape index (κ1) is 30.2. The summed E-state index contributed by atoms with van der Waals surface area (Å²) in [5.74, 6) is -1.04. The number of carbonyl (C=O) groups excluding carboxylic acids is 1. The van der Waals surface area contributed by atoms with Crippen molar-refractivity contribution in [2.75, 3.05) is 19.7 Å². The predicted molar refractivity (Wildman–Crippen MR) is 157 cm³/mol. The van der Waals surface area contributed by atoms with E-state index in [1.54, 1.807) is 24.3 Å². The molecule has 0 radical (unpaired) electrons. The topological polar surface area (TPSA) is 97.1 Å². The van der Waals surface area contributed by atoms with E-state index in [0.29, 0.717) is 29.6 Å². The number of ether oxygens (including phenoxy) is 1. The van der Waals surface area contributed by atoms with Crippen LogP contribution in [-0.2, 0) is 32.6 Å². The Morgan fingerprint density at radius 1 is 1.02 bits per heavy atom. The molecule has 1 saturated heterocycles. The Morgan fingerprint density at radius 3 is 2.52 bits per heavy atom. The molecule has 1 aromatic heterocycles. The Kier molecular flexibility index (Phi) is 9.29. The lowest BCUT2D eigenvalue weighted by atomic mass is 10.1. The third-order valence-electron chi connectivity index (χ3n) is 7.01. The molecule has 0 bridgehead atoms. The first-order chi connectivity index (χ1) is 20.1. The Balaban J connectivity index is 1.49. The van der Waals surface area contributed by atoms with E-state index in [0.717, 1.165) is 10.7 Å². The lowest BCUT2D eigenvalue weighted by Gasteiger charge is -2.29. The molecule has 8 nitrogen and oxygen atoms in total. The predicted octanol–water partition coefficient (Wildman–Crippen LogP) is 5.64. The van der Waals surface area contributed by atoms with Crippen molar-refractivity contribution >= 4 is 50.1 Å². The highest BCUT2D eigenvalue weighted by molar-refractivity contribution is 7.89. The molecule has 1 fully saturated rings. The molecular formula is C30H27Cl2FN2O6S. The number of para-hydroxylation sites is 1. The quantitative estimate of drug-likeness (QED) is 0.225. The van der Waals surface area contributed by atoms with Crippen molar-refractivity contribution in [3.8, 4) is 0 Å². The maximum Gasteiger partial charge on any atom is 0.245 e. The van der Waals surface area contributed by atoms with Gasteiger partial charge in [-0.1, -0.05) is 47.5 Å². The summed E-state index contributed by atoms with van der Waals surface area (Å²) in [6.07, 6.45) is 2.27. The zero-order chi connectivity index (χ0) is 29.9. The van der Waals surface area contributed by atoms with Crippen molar-refractivity contribution in [2.45, 2.75) is 36.9 Å². The highest BCUT2D eigenvalue weighted by Crippen LogP contribution is 2.29. The largest absolute Gasteiger partial charge is 0.464 e. The van der Waals surface area contributed by atoms with Crippen LogP contribution in [0.1, 0.15) is 24.0 Å². The molecule has 220 valence electrons. The third kappa shape index (κ3) is 6.85. The molecule has 1 aliphatic heterocycles. The standard InChI is InChI=1S/C30H27Cl2FN2O6S/c31-22-9-12-26(32)28(14-22)42(38,39)35(17-24-4-3-13-40-24)18-29(36)34(15-20-7-10-23(33)11-8-20)16-21-19-41-27-6-2-1-5-25(27)30(21)37/h1-2,5-12,14,19,24H,3-4,13,15-18H2. The number of amides is 1. The number of carbonyl (C=O) groups is 1. The van der Waals surface area contributed by atoms with E-state index in [2.05, 4.69) is 0 Å². The van der Waals surface area contributed by atoms with Gasteiger partial charge in [0.05, 0.1) is 41.4 Å². The van der Waals surface area contributed by atoms with Gasteiger partial charge in [-0.2, -0.15) is 4.31 Å². The minimum Gasteiger partial charge on any atom is -0.464 e. The lowest BCUT2D eigenvalue weighted by molar-refractivity contribution is -0.132. The van der Waals surface area contributed by atoms with Crippen molar-refractivity contribution < 1.29 is 26.8 Å². The summed E-state index contributed by atoms with van der Waals surface area (Å²) in [7, 11) is -4.30. The number of benzene rings is 3. The Hall–Kier alpha value is -3.28. The molecule has 1 aliphatic rings. The Labute approximate surface area is 252 Å². The van der Waals surface area contributed by atoms with Crippen molar-refractivity contribution in [1.29, 1.82) is 0 Å². The number of hydrogen-bond acceptors (Lipinski definition) is 6. The molecule has 0 saturated carbocycles. The number of fused-ring (bicyclic) bond motifs is 1. The molecular weight excluding hydrogens is 606 g/mol. The van der Waals surface area contributed by atoms with Crippen molar-refractivity contribution in [3.05, 3.63) is 110 Å². The maximum atomic E-state index is 13.9. The average Bonchev–Trinajstić information content (AvgIpc) is 3.49. The average molecular weight is 634 g/mol. The van der Waals surface area contributed by atoms with Crippen LogP contribution in [0.4, 0.5) is 4.39 Å². The van der Waals surface area contributed by atoms with Crippen LogP contribution in [-0.4, -0.2) is 49.3 Å². The molecule has 0 N–H and O–H groups in total. The molecule has 4 aromatic rings. The summed E-state index contributed by atoms with van der Waals surface area (Å²) >= 11 is 12.4. The van der Waals surface area contributed by atoms with E-state index >= 15 is 0 Å². The molecule has 1 amide bonds. The molecule has 5 rings (SSSR count). The van der Waals surface area contributed by atoms with Gasteiger partial charge in [-0.25, -0.2) is 12.8 Å². The van der Waals surface area contributed by atoms with Crippen LogP contribution in [0.2, 0.25) is 10.0 Å². The Morgan fingerprint density at radius 2 is 1.79 bits per heavy atom. The fourth-order valence-electron chi connectivity index (χ4n) is 4.80. The lowest BCUT2D eigenvalue weighted by Crippen LogP contribution is -2.45. The van der Waals surface area contributed by atoms with Gasteiger partial charge in [0.15, 0.2) is 5.43 Å². The van der Waals surface area contributed by atoms with Gasteiger partial charge in [-0.3, -0.25) is 9.59 Å². The van der Waals surface area contributed by atoms with Crippen LogP contribution >= 0.6 is 23.2 Å². The summed E-state index contributed by atoms with van der Waals surface area (Å²) in [5.41, 5.74) is 0.870. The second-order valence-electron chi connectivity index (χ2n) is 9.97. The smallest absolute Gasteiger partial charge is 0.245 e. The number of rotatable bonds is 10. The molecule has 1 unspecified atom stereocenters. The van der Waals surface area contributed by atoms with E-state index < -0.39 is 34.4 Å². The zero-order valence-electron chi connectivity index (χ0n) is 22.3. The van der Waals surface area contributed by atoms with Crippen LogP contribution in [0.3, 0.4) is 0 Å². The summed E-state index contributed by atoms with van der Waals surface area (Å²) in [6.45, 7) is -0.352. The van der Waals surface area contributed by atoms with Crippen LogP contribution < -0.4 is 5.43 Å². The normalized spacial score (nSPS) is 15.4. The zero-order valence-corrected chi connectivity index (χ0v) is 24.7. The van der Waals surface area contributed by atoms with Gasteiger partial charge in [0.2, 0.25) is 15.9 Å². The number of halogens is 3. The monoisotopic (exact) mass is 632 g/mol. The van der Waals surface area contributed by atoms with Gasteiger partial charge in [-0.05, 0) is 60.9 Å². The molecule has 3 aromatic carbocycles. The highest BCUT2D eigenvalue weighted by Gasteiger charge is 2.34. The first-order valence-electron chi connectivity index (χ1n) is 13.2. The fraction of sp³-hybridized carbons (Fsp3) is 0.267. The van der Waals surface area contributed by atoms with Gasteiger partial charge in [0, 0.05) is 24.7 Å². The Bertz CT molecular complexity index is 1760. The highest BCUT2D eigenvalue weighted by atomic mass is 35.5. The number of hydrogen-bond donors (Lipinski definition) is 0. The van der Waals surface area contributed by atoms with E-state index in [1.807, 2.05) is 0 Å². The number of sulfonamides is 1. The van der Waals surface area contributed by atoms with Gasteiger partial charge in [0.25, 0.3) is 0 Å². The van der Waals surface area contributed by atoms with Crippen LogP contribution in [0.25, 0.3) is 11.0 Å². The second-order valence-corrected chi connectivity index (χ2v) is 12.7. The second kappa shape index (κ2) is 12.9. The SMILES string of the molecule is O=C(CN(CC1CCCO1)S(=O)(=O)c1cc(Cl)ccc1Cl)N(Cc1ccc(F)cc1)Cc1coc2ccccc2c1=O. The van der Waals surface area contributed by atoms with Crippen molar-refractivity contribution in [3.63, 3.8) is 0 Å². The summed E-state index contributed by atoms with van der Waals surface area (Å²) in [4.78, 5) is 28.3. The first-order valence-corrected chi connectivity index (χ1v) is 15.4. The minimum absolute atomic E-state index is 0.0167. The van der Waals surface area contributed by atoms with Gasteiger partial charge < -0.3 is 14.1 Å². The molecule has 12 heteroatoms. The molecule has 0 spiro atoms. The van der Waals surface area contributed by atoms with E-state index in [4.69, 9.17) is 32.4 Å². The molecule has 0 aliphatic carbocycles. The van der Waals surface area contributed by atoms with Gasteiger partial charge >= 0.3 is 0 Å². The summed E-state index contributed by atoms with van der Waals surface area (Å²) < 4.78 is 53.7. The van der Waals surface area contributed by atoms with Crippen molar-refractivity contribution in [1.82, 2.24) is 9.21 Å². The van der Waals surface area contributed by atoms with Crippen molar-refractivity contribution in [2.24, 2.45) is 0 Å². The van der Waals surface area contributed by atoms with Crippen LogP contribution in [0.15, 0.2) is 87.1 Å². The van der Waals surface area contributed by atoms with Gasteiger partial charge in [0.1, 0.15) is 16.3 Å². The third-order valence-corrected chi connectivity index (χ3v) is 9.53. The van der Waals surface area contributed by atoms with E-state index in [1.165, 1.54) is 53.6 Å². The van der Waals surface area contributed by atoms with Crippen LogP contribution in [0.5, 0.6) is 0 Å². The van der Waals surface area contributed by atoms with Gasteiger partial charge in [-0.15, -0.1) is 0 Å². The summed E-state index contributed by atoms with van der Waals surface area (Å²) in [6, 6.07) is 16.4. The molecule has 1 atom stereocenters. The van der Waals surface area contributed by atoms with E-state index in [-0.39, 0.29) is 45.6 Å². The van der Waals surface area contributed by atoms with E-state index in [9.17, 15) is 22.4 Å². The maximum absolute atomic E-state index is 13.9. The van der Waals surface area contributed by atoms with Crippen LogP contribution in [0, 0.1) is 5.82 Å². The summed E-state index contributed by atoms with van der Waals surface area (Å²) in [5, 5.41) is 0.478. The molecule has 2 heterocycles. The minimum atomic E-state index is -4.30. The fourth-order valence-corrected chi connectivity index (χ4v) is 6.96. The molecule has 42 heavy (non-hydrogen) atoms.